The molecular weight excluding hydrogens is 324 g/mol. The van der Waals surface area contributed by atoms with Crippen LogP contribution in [0.4, 0.5) is 4.79 Å². The van der Waals surface area contributed by atoms with Crippen molar-refractivity contribution in [2.24, 2.45) is 5.92 Å². The van der Waals surface area contributed by atoms with Crippen LogP contribution >= 0.6 is 0 Å². The van der Waals surface area contributed by atoms with Gasteiger partial charge in [-0.25, -0.2) is 9.48 Å². The first-order valence-corrected chi connectivity index (χ1v) is 8.90. The fourth-order valence-electron chi connectivity index (χ4n) is 3.67. The summed E-state index contributed by atoms with van der Waals surface area (Å²) in [7, 11) is 1.64. The summed E-state index contributed by atoms with van der Waals surface area (Å²) in [5.41, 5.74) is 1.28. The average molecular weight is 348 g/mol. The van der Waals surface area contributed by atoms with Crippen LogP contribution in [-0.2, 0) is 29.2 Å². The van der Waals surface area contributed by atoms with E-state index in [9.17, 15) is 9.59 Å². The van der Waals surface area contributed by atoms with Crippen LogP contribution in [0.15, 0.2) is 0 Å². The van der Waals surface area contributed by atoms with Gasteiger partial charge in [-0.2, -0.15) is 0 Å². The lowest BCUT2D eigenvalue weighted by atomic mass is 9.91. The quantitative estimate of drug-likeness (QED) is 0.801. The van der Waals surface area contributed by atoms with Gasteiger partial charge in [-0.3, -0.25) is 4.79 Å². The molecule has 3 amide bonds. The van der Waals surface area contributed by atoms with Crippen LogP contribution in [-0.4, -0.2) is 57.6 Å². The first-order valence-electron chi connectivity index (χ1n) is 8.90. The van der Waals surface area contributed by atoms with E-state index in [2.05, 4.69) is 20.9 Å². The molecule has 2 aliphatic heterocycles. The second-order valence-corrected chi connectivity index (χ2v) is 7.18. The molecule has 2 N–H and O–H groups in total. The molecule has 25 heavy (non-hydrogen) atoms. The fraction of sp³-hybridized carbons (Fsp3) is 0.750. The van der Waals surface area contributed by atoms with E-state index in [-0.39, 0.29) is 17.9 Å². The highest BCUT2D eigenvalue weighted by Gasteiger charge is 2.42. The summed E-state index contributed by atoms with van der Waals surface area (Å²) in [5.74, 6) is 0.285. The molecule has 9 heteroatoms. The van der Waals surface area contributed by atoms with Crippen molar-refractivity contribution in [3.63, 3.8) is 0 Å². The molecule has 1 aromatic heterocycles. The Morgan fingerprint density at radius 3 is 2.96 bits per heavy atom. The van der Waals surface area contributed by atoms with E-state index in [1.807, 2.05) is 4.68 Å². The third-order valence-electron chi connectivity index (χ3n) is 5.29. The third kappa shape index (κ3) is 3.20. The van der Waals surface area contributed by atoms with Crippen LogP contribution in [0.3, 0.4) is 0 Å². The first-order chi connectivity index (χ1) is 12.1. The largest absolute Gasteiger partial charge is 0.365 e. The number of likely N-dealkylation sites (tertiary alicyclic amines) is 1. The topological polar surface area (TPSA) is 101 Å². The molecule has 1 unspecified atom stereocenters. The van der Waals surface area contributed by atoms with Gasteiger partial charge in [-0.05, 0) is 25.7 Å². The SMILES string of the molecule is CNC(=O)N1CCCC2(C1)Cn1nnc(CNC(=O)C3CC3)c1CO2. The normalized spacial score (nSPS) is 25.6. The Morgan fingerprint density at radius 1 is 1.36 bits per heavy atom. The summed E-state index contributed by atoms with van der Waals surface area (Å²) in [4.78, 5) is 25.5. The Labute approximate surface area is 146 Å². The van der Waals surface area contributed by atoms with Crippen LogP contribution in [0, 0.1) is 5.92 Å². The van der Waals surface area contributed by atoms with Gasteiger partial charge >= 0.3 is 6.03 Å². The van der Waals surface area contributed by atoms with Crippen LogP contribution in [0.1, 0.15) is 37.1 Å². The van der Waals surface area contributed by atoms with Crippen molar-refractivity contribution in [3.05, 3.63) is 11.4 Å². The van der Waals surface area contributed by atoms with Crippen molar-refractivity contribution in [2.75, 3.05) is 20.1 Å². The van der Waals surface area contributed by atoms with Crippen molar-refractivity contribution in [3.8, 4) is 0 Å². The predicted octanol–water partition coefficient (Wildman–Crippen LogP) is 0.00850. The maximum absolute atomic E-state index is 11.9. The maximum atomic E-state index is 11.9. The summed E-state index contributed by atoms with van der Waals surface area (Å²) in [6.45, 7) is 2.68. The molecule has 4 rings (SSSR count). The van der Waals surface area contributed by atoms with Crippen LogP contribution < -0.4 is 10.6 Å². The molecule has 3 aliphatic rings. The molecule has 1 saturated heterocycles. The number of ether oxygens (including phenoxy) is 1. The molecule has 9 nitrogen and oxygen atoms in total. The summed E-state index contributed by atoms with van der Waals surface area (Å²) in [6.07, 6.45) is 3.77. The standard InChI is InChI=1S/C16H24N6O3/c1-17-15(24)21-6-2-5-16(9-21)10-22-13(8-25-16)12(19-20-22)7-18-14(23)11-3-4-11/h11H,2-10H2,1H3,(H,17,24)(H,18,23). The van der Waals surface area contributed by atoms with Gasteiger partial charge in [0.25, 0.3) is 0 Å². The molecule has 1 atom stereocenters. The van der Waals surface area contributed by atoms with Crippen LogP contribution in [0.25, 0.3) is 0 Å². The second kappa shape index (κ2) is 6.29. The minimum atomic E-state index is -0.403. The number of piperidine rings is 1. The summed E-state index contributed by atoms with van der Waals surface area (Å²) < 4.78 is 8.06. The number of aromatic nitrogens is 3. The number of nitrogens with one attached hydrogen (secondary N) is 2. The third-order valence-corrected chi connectivity index (χ3v) is 5.29. The Bertz CT molecular complexity index is 685. The first kappa shape index (κ1) is 16.3. The van der Waals surface area contributed by atoms with E-state index in [0.717, 1.165) is 43.6 Å². The zero-order valence-electron chi connectivity index (χ0n) is 14.5. The van der Waals surface area contributed by atoms with E-state index < -0.39 is 5.60 Å². The lowest BCUT2D eigenvalue weighted by Gasteiger charge is -2.44. The molecule has 1 aliphatic carbocycles. The van der Waals surface area contributed by atoms with Gasteiger partial charge < -0.3 is 20.3 Å². The van der Waals surface area contributed by atoms with Gasteiger partial charge in [0.15, 0.2) is 0 Å². The van der Waals surface area contributed by atoms with Gasteiger partial charge in [-0.1, -0.05) is 5.21 Å². The van der Waals surface area contributed by atoms with Crippen molar-refractivity contribution < 1.29 is 14.3 Å². The highest BCUT2D eigenvalue weighted by molar-refractivity contribution is 5.80. The monoisotopic (exact) mass is 348 g/mol. The Hall–Kier alpha value is -2.16. The highest BCUT2D eigenvalue weighted by atomic mass is 16.5. The number of rotatable bonds is 3. The number of urea groups is 1. The van der Waals surface area contributed by atoms with Crippen molar-refractivity contribution >= 4 is 11.9 Å². The number of carbonyl (C=O) groups is 2. The Kier molecular flexibility index (Phi) is 4.10. The van der Waals surface area contributed by atoms with Gasteiger partial charge in [-0.15, -0.1) is 5.10 Å². The molecule has 1 saturated carbocycles. The molecule has 0 bridgehead atoms. The molecule has 3 heterocycles. The molecule has 1 spiro atoms. The van der Waals surface area contributed by atoms with E-state index in [4.69, 9.17) is 4.74 Å². The number of hydrogen-bond acceptors (Lipinski definition) is 5. The minimum absolute atomic E-state index is 0.0736. The number of fused-ring (bicyclic) bond motifs is 1. The van der Waals surface area contributed by atoms with Crippen molar-refractivity contribution in [1.29, 1.82) is 0 Å². The summed E-state index contributed by atoms with van der Waals surface area (Å²) >= 11 is 0. The average Bonchev–Trinajstić information content (AvgIpc) is 3.41. The van der Waals surface area contributed by atoms with Gasteiger partial charge in [0.1, 0.15) is 11.3 Å². The molecule has 1 aromatic rings. The lowest BCUT2D eigenvalue weighted by Crippen LogP contribution is -2.57. The Balaban J connectivity index is 1.43. The van der Waals surface area contributed by atoms with Gasteiger partial charge in [0, 0.05) is 19.5 Å². The molecule has 136 valence electrons. The zero-order chi connectivity index (χ0) is 17.4. The molecular formula is C16H24N6O3. The lowest BCUT2D eigenvalue weighted by molar-refractivity contribution is -0.123. The molecule has 0 aromatic carbocycles. The fourth-order valence-corrected chi connectivity index (χ4v) is 3.67. The Morgan fingerprint density at radius 2 is 2.20 bits per heavy atom. The second-order valence-electron chi connectivity index (χ2n) is 7.18. The van der Waals surface area contributed by atoms with E-state index in [1.54, 1.807) is 11.9 Å². The summed E-state index contributed by atoms with van der Waals surface area (Å²) in [5, 5.41) is 14.1. The molecule has 2 fully saturated rings. The van der Waals surface area contributed by atoms with Crippen LogP contribution in [0.2, 0.25) is 0 Å². The van der Waals surface area contributed by atoms with E-state index >= 15 is 0 Å². The van der Waals surface area contributed by atoms with Gasteiger partial charge in [0.05, 0.1) is 31.9 Å². The number of carbonyl (C=O) groups excluding carboxylic acids is 2. The number of amides is 3. The van der Waals surface area contributed by atoms with E-state index in [1.165, 1.54) is 0 Å². The van der Waals surface area contributed by atoms with Crippen LogP contribution in [0.5, 0.6) is 0 Å². The molecule has 0 radical (unpaired) electrons. The maximum Gasteiger partial charge on any atom is 0.317 e. The predicted molar refractivity (Wildman–Crippen MR) is 87.4 cm³/mol. The number of hydrogen-bond donors (Lipinski definition) is 2. The number of nitrogens with zero attached hydrogens (tertiary/aromatic N) is 4. The van der Waals surface area contributed by atoms with E-state index in [0.29, 0.717) is 26.2 Å². The zero-order valence-corrected chi connectivity index (χ0v) is 14.5. The van der Waals surface area contributed by atoms with Crippen molar-refractivity contribution in [1.82, 2.24) is 30.5 Å². The minimum Gasteiger partial charge on any atom is -0.365 e. The smallest absolute Gasteiger partial charge is 0.317 e. The summed E-state index contributed by atoms with van der Waals surface area (Å²) in [6, 6.07) is -0.0736. The van der Waals surface area contributed by atoms with Crippen molar-refractivity contribution in [2.45, 2.75) is 51.0 Å². The van der Waals surface area contributed by atoms with Gasteiger partial charge in [0.2, 0.25) is 5.91 Å². The highest BCUT2D eigenvalue weighted by Crippen LogP contribution is 2.32.